The summed E-state index contributed by atoms with van der Waals surface area (Å²) in [7, 11) is 0. The number of amides is 3. The van der Waals surface area contributed by atoms with Gasteiger partial charge in [0, 0.05) is 29.7 Å². The number of rotatable bonds is 6. The maximum Gasteiger partial charge on any atom is 0.313 e. The lowest BCUT2D eigenvalue weighted by Crippen LogP contribution is -2.37. The van der Waals surface area contributed by atoms with Crippen molar-refractivity contribution in [3.05, 3.63) is 54.1 Å². The van der Waals surface area contributed by atoms with Crippen molar-refractivity contribution in [3.8, 4) is 0 Å². The monoisotopic (exact) mass is 387 g/mol. The summed E-state index contributed by atoms with van der Waals surface area (Å²) in [6, 6.07) is 13.7. The van der Waals surface area contributed by atoms with Crippen LogP contribution in [0.15, 0.2) is 53.4 Å². The third kappa shape index (κ3) is 6.43. The van der Waals surface area contributed by atoms with Gasteiger partial charge in [-0.2, -0.15) is 0 Å². The van der Waals surface area contributed by atoms with Gasteiger partial charge in [-0.1, -0.05) is 18.2 Å². The van der Waals surface area contributed by atoms with Gasteiger partial charge in [-0.3, -0.25) is 14.4 Å². The fourth-order valence-corrected chi connectivity index (χ4v) is 2.69. The summed E-state index contributed by atoms with van der Waals surface area (Å²) >= 11 is 1.59. The van der Waals surface area contributed by atoms with Crippen LogP contribution in [0.2, 0.25) is 0 Å². The topological polar surface area (TPSA) is 108 Å². The van der Waals surface area contributed by atoms with E-state index in [0.717, 1.165) is 4.90 Å². The number of nitrogens with one attached hydrogen (secondary N) is 3. The van der Waals surface area contributed by atoms with Gasteiger partial charge < -0.3 is 21.1 Å². The van der Waals surface area contributed by atoms with E-state index in [0.29, 0.717) is 16.9 Å². The van der Waals surface area contributed by atoms with Crippen LogP contribution < -0.4 is 16.0 Å². The quantitative estimate of drug-likeness (QED) is 0.449. The molecule has 0 bridgehead atoms. The van der Waals surface area contributed by atoms with Gasteiger partial charge in [0.15, 0.2) is 0 Å². The average molecular weight is 387 g/mol. The van der Waals surface area contributed by atoms with Crippen molar-refractivity contribution in [2.75, 3.05) is 23.4 Å². The van der Waals surface area contributed by atoms with E-state index in [1.165, 1.54) is 13.0 Å². The zero-order chi connectivity index (χ0) is 19.8. The van der Waals surface area contributed by atoms with E-state index >= 15 is 0 Å². The minimum Gasteiger partial charge on any atom is -0.387 e. The van der Waals surface area contributed by atoms with Gasteiger partial charge >= 0.3 is 11.8 Å². The first-order chi connectivity index (χ1) is 12.9. The second-order valence-electron chi connectivity index (χ2n) is 5.72. The molecule has 142 valence electrons. The van der Waals surface area contributed by atoms with E-state index in [4.69, 9.17) is 0 Å². The molecule has 0 aliphatic carbocycles. The van der Waals surface area contributed by atoms with Crippen LogP contribution in [0.3, 0.4) is 0 Å². The Balaban J connectivity index is 1.87. The highest BCUT2D eigenvalue weighted by Crippen LogP contribution is 2.19. The zero-order valence-corrected chi connectivity index (χ0v) is 15.8. The Morgan fingerprint density at radius 1 is 1.00 bits per heavy atom. The van der Waals surface area contributed by atoms with Crippen LogP contribution in [0.1, 0.15) is 18.6 Å². The largest absolute Gasteiger partial charge is 0.387 e. The molecule has 0 aliphatic heterocycles. The Morgan fingerprint density at radius 2 is 1.63 bits per heavy atom. The van der Waals surface area contributed by atoms with Gasteiger partial charge in [0.1, 0.15) is 0 Å². The number of hydrogen-bond donors (Lipinski definition) is 4. The molecule has 4 N–H and O–H groups in total. The summed E-state index contributed by atoms with van der Waals surface area (Å²) in [5.74, 6) is -1.96. The van der Waals surface area contributed by atoms with Crippen molar-refractivity contribution in [1.82, 2.24) is 5.32 Å². The molecule has 1 atom stereocenters. The summed E-state index contributed by atoms with van der Waals surface area (Å²) < 4.78 is 0. The van der Waals surface area contributed by atoms with Crippen molar-refractivity contribution in [3.63, 3.8) is 0 Å². The number of benzene rings is 2. The molecular formula is C19H21N3O4S. The number of carbonyl (C=O) groups is 3. The molecule has 8 heteroatoms. The van der Waals surface area contributed by atoms with E-state index in [2.05, 4.69) is 16.0 Å². The summed E-state index contributed by atoms with van der Waals surface area (Å²) in [4.78, 5) is 36.1. The maximum absolute atomic E-state index is 12.0. The standard InChI is InChI=1S/C19H21N3O4S/c1-12(23)21-14-4-3-5-15(10-14)22-19(26)18(25)20-11-17(24)13-6-8-16(27-2)9-7-13/h3-10,17,24H,11H2,1-2H3,(H,20,25)(H,21,23)(H,22,26). The van der Waals surface area contributed by atoms with Gasteiger partial charge in [-0.25, -0.2) is 0 Å². The molecule has 0 saturated carbocycles. The van der Waals surface area contributed by atoms with Gasteiger partial charge in [0.2, 0.25) is 5.91 Å². The Bertz CT molecular complexity index is 824. The molecular weight excluding hydrogens is 366 g/mol. The SMILES string of the molecule is CSc1ccc(C(O)CNC(=O)C(=O)Nc2cccc(NC(C)=O)c2)cc1. The number of aliphatic hydroxyl groups excluding tert-OH is 1. The second kappa shape index (κ2) is 9.75. The van der Waals surface area contributed by atoms with Gasteiger partial charge in [0.05, 0.1) is 6.10 Å². The van der Waals surface area contributed by atoms with Crippen molar-refractivity contribution in [2.24, 2.45) is 0 Å². The van der Waals surface area contributed by atoms with Crippen LogP contribution in [0.5, 0.6) is 0 Å². The smallest absolute Gasteiger partial charge is 0.313 e. The Labute approximate surface area is 161 Å². The lowest BCUT2D eigenvalue weighted by atomic mass is 10.1. The van der Waals surface area contributed by atoms with Crippen LogP contribution in [0, 0.1) is 0 Å². The fraction of sp³-hybridized carbons (Fsp3) is 0.211. The molecule has 1 unspecified atom stereocenters. The van der Waals surface area contributed by atoms with E-state index in [-0.39, 0.29) is 12.5 Å². The lowest BCUT2D eigenvalue weighted by molar-refractivity contribution is -0.136. The minimum absolute atomic E-state index is 0.0865. The van der Waals surface area contributed by atoms with Crippen LogP contribution in [-0.4, -0.2) is 35.6 Å². The normalized spacial score (nSPS) is 11.4. The van der Waals surface area contributed by atoms with Crippen molar-refractivity contribution in [1.29, 1.82) is 0 Å². The third-order valence-electron chi connectivity index (χ3n) is 3.60. The van der Waals surface area contributed by atoms with E-state index in [9.17, 15) is 19.5 Å². The van der Waals surface area contributed by atoms with Crippen molar-refractivity contribution < 1.29 is 19.5 Å². The Kier molecular flexibility index (Phi) is 7.39. The summed E-state index contributed by atoms with van der Waals surface area (Å²) in [5.41, 5.74) is 1.52. The first-order valence-corrected chi connectivity index (χ1v) is 9.40. The third-order valence-corrected chi connectivity index (χ3v) is 4.35. The minimum atomic E-state index is -0.916. The molecule has 0 spiro atoms. The molecule has 0 heterocycles. The number of hydrogen-bond acceptors (Lipinski definition) is 5. The van der Waals surface area contributed by atoms with E-state index in [1.807, 2.05) is 18.4 Å². The first-order valence-electron chi connectivity index (χ1n) is 8.18. The molecule has 0 aliphatic rings. The van der Waals surface area contributed by atoms with Crippen molar-refractivity contribution in [2.45, 2.75) is 17.9 Å². The molecule has 0 aromatic heterocycles. The summed E-state index contributed by atoms with van der Waals surface area (Å²) in [5, 5.41) is 17.6. The number of aliphatic hydroxyl groups is 1. The molecule has 2 rings (SSSR count). The van der Waals surface area contributed by atoms with E-state index < -0.39 is 17.9 Å². The van der Waals surface area contributed by atoms with Crippen molar-refractivity contribution >= 4 is 40.9 Å². The van der Waals surface area contributed by atoms with Gasteiger partial charge in [0.25, 0.3) is 0 Å². The molecule has 7 nitrogen and oxygen atoms in total. The molecule has 0 fully saturated rings. The number of anilines is 2. The maximum atomic E-state index is 12.0. The predicted molar refractivity (Wildman–Crippen MR) is 106 cm³/mol. The first kappa shape index (κ1) is 20.5. The summed E-state index contributed by atoms with van der Waals surface area (Å²) in [6.07, 6.45) is 1.04. The number of thioether (sulfide) groups is 1. The average Bonchev–Trinajstić information content (AvgIpc) is 2.65. The molecule has 27 heavy (non-hydrogen) atoms. The molecule has 2 aromatic rings. The fourth-order valence-electron chi connectivity index (χ4n) is 2.28. The highest BCUT2D eigenvalue weighted by Gasteiger charge is 2.16. The highest BCUT2D eigenvalue weighted by molar-refractivity contribution is 7.98. The lowest BCUT2D eigenvalue weighted by Gasteiger charge is -2.13. The molecule has 0 radical (unpaired) electrons. The predicted octanol–water partition coefficient (Wildman–Crippen LogP) is 2.16. The molecule has 3 amide bonds. The van der Waals surface area contributed by atoms with Crippen LogP contribution >= 0.6 is 11.8 Å². The van der Waals surface area contributed by atoms with Crippen LogP contribution in [0.4, 0.5) is 11.4 Å². The van der Waals surface area contributed by atoms with Gasteiger partial charge in [-0.15, -0.1) is 11.8 Å². The molecule has 0 saturated heterocycles. The van der Waals surface area contributed by atoms with Crippen LogP contribution in [-0.2, 0) is 14.4 Å². The van der Waals surface area contributed by atoms with Gasteiger partial charge in [-0.05, 0) is 42.2 Å². The van der Waals surface area contributed by atoms with Crippen LogP contribution in [0.25, 0.3) is 0 Å². The Morgan fingerprint density at radius 3 is 2.22 bits per heavy atom. The second-order valence-corrected chi connectivity index (χ2v) is 6.59. The number of carbonyl (C=O) groups excluding carboxylic acids is 3. The zero-order valence-electron chi connectivity index (χ0n) is 15.0. The Hall–Kier alpha value is -2.84. The summed E-state index contributed by atoms with van der Waals surface area (Å²) in [6.45, 7) is 1.29. The van der Waals surface area contributed by atoms with E-state index in [1.54, 1.807) is 42.1 Å². The molecule has 2 aromatic carbocycles. The highest BCUT2D eigenvalue weighted by atomic mass is 32.2.